The molecular formula is C28H30N2O5S. The first-order valence-corrected chi connectivity index (χ1v) is 14.1. The van der Waals surface area contributed by atoms with Crippen molar-refractivity contribution in [3.63, 3.8) is 0 Å². The van der Waals surface area contributed by atoms with Gasteiger partial charge in [0.15, 0.2) is 5.60 Å². The lowest BCUT2D eigenvalue weighted by molar-refractivity contribution is -0.157. The molecule has 1 heterocycles. The van der Waals surface area contributed by atoms with Crippen LogP contribution in [0.15, 0.2) is 64.8 Å². The molecule has 2 N–H and O–H groups in total. The molecule has 1 spiro atoms. The van der Waals surface area contributed by atoms with Gasteiger partial charge in [-0.15, -0.1) is 0 Å². The third-order valence-corrected chi connectivity index (χ3v) is 9.25. The molecular weight excluding hydrogens is 476 g/mol. The van der Waals surface area contributed by atoms with Crippen LogP contribution in [0.3, 0.4) is 0 Å². The van der Waals surface area contributed by atoms with Crippen molar-refractivity contribution in [3.8, 4) is 6.07 Å². The lowest BCUT2D eigenvalue weighted by Crippen LogP contribution is -2.43. The number of aliphatic hydroxyl groups is 1. The molecule has 3 unspecified atom stereocenters. The first-order valence-electron chi connectivity index (χ1n) is 12.6. The zero-order chi connectivity index (χ0) is 25.5. The number of ether oxygens (including phenoxy) is 1. The maximum absolute atomic E-state index is 13.2. The molecule has 5 rings (SSSR count). The molecule has 2 saturated carbocycles. The van der Waals surface area contributed by atoms with Gasteiger partial charge in [0.1, 0.15) is 5.76 Å². The van der Waals surface area contributed by atoms with E-state index in [2.05, 4.69) is 11.6 Å². The lowest BCUT2D eigenvalue weighted by atomic mass is 9.72. The lowest BCUT2D eigenvalue weighted by Gasteiger charge is -2.39. The molecule has 1 aliphatic heterocycles. The Hall–Kier alpha value is -3.31. The second kappa shape index (κ2) is 9.29. The van der Waals surface area contributed by atoms with Gasteiger partial charge in [0.25, 0.3) is 10.0 Å². The molecule has 2 aromatic carbocycles. The van der Waals surface area contributed by atoms with Crippen molar-refractivity contribution in [1.29, 1.82) is 5.26 Å². The molecule has 0 aromatic heterocycles. The Balaban J connectivity index is 1.48. The molecule has 0 saturated heterocycles. The van der Waals surface area contributed by atoms with E-state index in [0.717, 1.165) is 44.1 Å². The van der Waals surface area contributed by atoms with Crippen molar-refractivity contribution in [2.24, 2.45) is 11.8 Å². The fourth-order valence-corrected chi connectivity index (χ4v) is 6.94. The van der Waals surface area contributed by atoms with E-state index in [1.54, 1.807) is 18.2 Å². The number of nitrogens with one attached hydrogen (secondary N) is 1. The summed E-state index contributed by atoms with van der Waals surface area (Å²) in [5, 5.41) is 20.5. The molecule has 2 aromatic rings. The van der Waals surface area contributed by atoms with Crippen LogP contribution < -0.4 is 4.72 Å². The molecule has 2 fully saturated rings. The predicted octanol–water partition coefficient (Wildman–Crippen LogP) is 5.56. The van der Waals surface area contributed by atoms with E-state index >= 15 is 0 Å². The van der Waals surface area contributed by atoms with Gasteiger partial charge < -0.3 is 9.84 Å². The van der Waals surface area contributed by atoms with E-state index < -0.39 is 21.6 Å². The molecule has 0 bridgehead atoms. The average molecular weight is 507 g/mol. The maximum atomic E-state index is 13.2. The third kappa shape index (κ3) is 4.26. The summed E-state index contributed by atoms with van der Waals surface area (Å²) in [6.45, 7) is 2.07. The van der Waals surface area contributed by atoms with Crippen molar-refractivity contribution < 1.29 is 23.1 Å². The number of carbonyl (C=O) groups excluding carboxylic acids is 1. The van der Waals surface area contributed by atoms with Crippen molar-refractivity contribution in [2.75, 3.05) is 4.72 Å². The summed E-state index contributed by atoms with van der Waals surface area (Å²) in [5.74, 6) is -0.430. The Kier molecular flexibility index (Phi) is 6.29. The standard InChI is InChI=1S/C28H30N2O5S/c1-2-21-7-3-4-15-28(21)26(31)25(27(32)35-28)24(19-11-12-19)20-6-5-8-22(16-20)30-36(33,34)23-13-9-18(17-29)10-14-23/h5-6,8-10,13-14,16,19,21,24,30-31H,2-4,7,11-12,15H2,1H3. The van der Waals surface area contributed by atoms with Crippen LogP contribution in [-0.2, 0) is 19.6 Å². The topological polar surface area (TPSA) is 116 Å². The highest BCUT2D eigenvalue weighted by atomic mass is 32.2. The van der Waals surface area contributed by atoms with Gasteiger partial charge in [-0.2, -0.15) is 5.26 Å². The van der Waals surface area contributed by atoms with Gasteiger partial charge >= 0.3 is 5.97 Å². The second-order valence-corrected chi connectivity index (χ2v) is 11.8. The Bertz CT molecular complexity index is 1360. The van der Waals surface area contributed by atoms with E-state index in [-0.39, 0.29) is 28.4 Å². The van der Waals surface area contributed by atoms with Crippen molar-refractivity contribution in [3.05, 3.63) is 71.0 Å². The molecule has 8 heteroatoms. The number of carbonyl (C=O) groups is 1. The summed E-state index contributed by atoms with van der Waals surface area (Å²) < 4.78 is 34.5. The summed E-state index contributed by atoms with van der Waals surface area (Å²) in [5.41, 5.74) is 0.928. The number of nitriles is 1. The fraction of sp³-hybridized carbons (Fsp3) is 0.429. The van der Waals surface area contributed by atoms with Gasteiger partial charge in [-0.05, 0) is 86.4 Å². The van der Waals surface area contributed by atoms with Crippen LogP contribution in [0.1, 0.15) is 68.9 Å². The largest absolute Gasteiger partial charge is 0.507 e. The quantitative estimate of drug-likeness (QED) is 0.475. The molecule has 36 heavy (non-hydrogen) atoms. The van der Waals surface area contributed by atoms with E-state index in [9.17, 15) is 18.3 Å². The highest BCUT2D eigenvalue weighted by Gasteiger charge is 2.56. The van der Waals surface area contributed by atoms with E-state index in [1.807, 2.05) is 12.1 Å². The predicted molar refractivity (Wildman–Crippen MR) is 135 cm³/mol. The minimum absolute atomic E-state index is 0.0511. The number of rotatable bonds is 7. The number of anilines is 1. The molecule has 7 nitrogen and oxygen atoms in total. The van der Waals surface area contributed by atoms with Gasteiger partial charge in [0.2, 0.25) is 0 Å². The molecule has 2 aliphatic carbocycles. The minimum Gasteiger partial charge on any atom is -0.507 e. The normalized spacial score (nSPS) is 24.9. The van der Waals surface area contributed by atoms with Crippen molar-refractivity contribution in [2.45, 2.75) is 68.3 Å². The number of nitrogens with zero attached hydrogens (tertiary/aromatic N) is 1. The Labute approximate surface area is 211 Å². The summed E-state index contributed by atoms with van der Waals surface area (Å²) in [6.07, 6.45) is 6.21. The zero-order valence-electron chi connectivity index (χ0n) is 20.2. The maximum Gasteiger partial charge on any atom is 0.339 e. The Morgan fingerprint density at radius 1 is 1.17 bits per heavy atom. The van der Waals surface area contributed by atoms with Gasteiger partial charge in [-0.1, -0.05) is 25.5 Å². The summed E-state index contributed by atoms with van der Waals surface area (Å²) in [7, 11) is -3.87. The summed E-state index contributed by atoms with van der Waals surface area (Å²) in [4.78, 5) is 13.3. The molecule has 3 aliphatic rings. The van der Waals surface area contributed by atoms with Crippen LogP contribution in [0, 0.1) is 23.2 Å². The first-order chi connectivity index (χ1) is 17.3. The van der Waals surface area contributed by atoms with Crippen molar-refractivity contribution in [1.82, 2.24) is 0 Å². The SMILES string of the molecule is CCC1CCCCC12OC(=O)C(C(c1cccc(NS(=O)(=O)c3ccc(C#N)cc3)c1)C1CC1)=C2O. The highest BCUT2D eigenvalue weighted by Crippen LogP contribution is 2.54. The second-order valence-electron chi connectivity index (χ2n) is 10.1. The zero-order valence-corrected chi connectivity index (χ0v) is 21.1. The fourth-order valence-electron chi connectivity index (χ4n) is 5.89. The van der Waals surface area contributed by atoms with E-state index in [4.69, 9.17) is 10.00 Å². The number of benzene rings is 2. The summed E-state index contributed by atoms with van der Waals surface area (Å²) in [6, 6.07) is 14.7. The van der Waals surface area contributed by atoms with Crippen LogP contribution in [-0.4, -0.2) is 25.1 Å². The van der Waals surface area contributed by atoms with Crippen LogP contribution in [0.2, 0.25) is 0 Å². The molecule has 188 valence electrons. The smallest absolute Gasteiger partial charge is 0.339 e. The van der Waals surface area contributed by atoms with E-state index in [1.165, 1.54) is 24.3 Å². The average Bonchev–Trinajstić information content (AvgIpc) is 3.68. The monoisotopic (exact) mass is 506 g/mol. The highest BCUT2D eigenvalue weighted by molar-refractivity contribution is 7.92. The van der Waals surface area contributed by atoms with E-state index in [0.29, 0.717) is 23.2 Å². The van der Waals surface area contributed by atoms with Gasteiger partial charge in [0, 0.05) is 17.5 Å². The number of hydrogen-bond donors (Lipinski definition) is 2. The summed E-state index contributed by atoms with van der Waals surface area (Å²) >= 11 is 0. The van der Waals surface area contributed by atoms with Crippen LogP contribution >= 0.6 is 0 Å². The minimum atomic E-state index is -3.87. The Morgan fingerprint density at radius 3 is 2.58 bits per heavy atom. The molecule has 0 radical (unpaired) electrons. The van der Waals surface area contributed by atoms with Crippen LogP contribution in [0.4, 0.5) is 5.69 Å². The number of sulfonamides is 1. The van der Waals surface area contributed by atoms with Crippen LogP contribution in [0.5, 0.6) is 0 Å². The third-order valence-electron chi connectivity index (χ3n) is 7.85. The molecule has 0 amide bonds. The Morgan fingerprint density at radius 2 is 1.92 bits per heavy atom. The van der Waals surface area contributed by atoms with Gasteiger partial charge in [-0.3, -0.25) is 4.72 Å². The number of aliphatic hydroxyl groups excluding tert-OH is 1. The van der Waals surface area contributed by atoms with Crippen molar-refractivity contribution >= 4 is 21.7 Å². The van der Waals surface area contributed by atoms with Gasteiger partial charge in [0.05, 0.1) is 22.1 Å². The van der Waals surface area contributed by atoms with Crippen LogP contribution in [0.25, 0.3) is 0 Å². The first kappa shape index (κ1) is 24.4. The molecule has 3 atom stereocenters. The number of hydrogen-bond acceptors (Lipinski definition) is 6. The van der Waals surface area contributed by atoms with Gasteiger partial charge in [-0.25, -0.2) is 13.2 Å². The number of esters is 1.